The Bertz CT molecular complexity index is 533. The Balaban J connectivity index is 2.34. The lowest BCUT2D eigenvalue weighted by Gasteiger charge is -2.34. The lowest BCUT2D eigenvalue weighted by Crippen LogP contribution is -2.48. The van der Waals surface area contributed by atoms with Crippen molar-refractivity contribution in [2.45, 2.75) is 37.2 Å². The Morgan fingerprint density at radius 3 is 2.39 bits per heavy atom. The third-order valence-corrected chi connectivity index (χ3v) is 6.37. The smallest absolute Gasteiger partial charge is 0.254 e. The first kappa shape index (κ1) is 14.2. The van der Waals surface area contributed by atoms with Crippen LogP contribution in [-0.4, -0.2) is 43.0 Å². The third-order valence-electron chi connectivity index (χ3n) is 2.69. The second kappa shape index (κ2) is 5.05. The SMILES string of the molecule is Cc1nc(Cl)sc1S(=O)(=O)N1C[C@@H](C)O[C@@H](C)C1. The summed E-state index contributed by atoms with van der Waals surface area (Å²) in [5.41, 5.74) is 0.455. The molecule has 8 heteroatoms. The summed E-state index contributed by atoms with van der Waals surface area (Å²) in [6.07, 6.45) is -0.209. The fourth-order valence-corrected chi connectivity index (χ4v) is 5.50. The quantitative estimate of drug-likeness (QED) is 0.837. The number of halogens is 1. The van der Waals surface area contributed by atoms with Gasteiger partial charge in [0.15, 0.2) is 8.68 Å². The molecule has 1 aliphatic heterocycles. The number of rotatable bonds is 2. The van der Waals surface area contributed by atoms with Gasteiger partial charge in [0.05, 0.1) is 17.9 Å². The van der Waals surface area contributed by atoms with E-state index in [0.29, 0.717) is 18.8 Å². The Morgan fingerprint density at radius 1 is 1.39 bits per heavy atom. The van der Waals surface area contributed by atoms with Crippen LogP contribution in [0.5, 0.6) is 0 Å². The Hall–Kier alpha value is -0.210. The maximum atomic E-state index is 12.5. The molecule has 0 bridgehead atoms. The molecule has 102 valence electrons. The second-order valence-electron chi connectivity index (χ2n) is 4.42. The monoisotopic (exact) mass is 310 g/mol. The molecule has 0 amide bonds. The van der Waals surface area contributed by atoms with E-state index in [9.17, 15) is 8.42 Å². The van der Waals surface area contributed by atoms with E-state index in [1.54, 1.807) is 6.92 Å². The molecule has 0 radical (unpaired) electrons. The lowest BCUT2D eigenvalue weighted by atomic mass is 10.3. The van der Waals surface area contributed by atoms with E-state index in [-0.39, 0.29) is 20.9 Å². The predicted octanol–water partition coefficient (Wildman–Crippen LogP) is 1.90. The number of ether oxygens (including phenoxy) is 1. The molecule has 0 saturated carbocycles. The van der Waals surface area contributed by atoms with Gasteiger partial charge >= 0.3 is 0 Å². The van der Waals surface area contributed by atoms with Crippen molar-refractivity contribution in [3.05, 3.63) is 10.2 Å². The third kappa shape index (κ3) is 2.70. The zero-order valence-corrected chi connectivity index (χ0v) is 12.8. The van der Waals surface area contributed by atoms with Crippen LogP contribution in [0.15, 0.2) is 4.21 Å². The molecule has 0 spiro atoms. The van der Waals surface area contributed by atoms with Gasteiger partial charge in [-0.15, -0.1) is 0 Å². The van der Waals surface area contributed by atoms with Crippen LogP contribution in [-0.2, 0) is 14.8 Å². The Labute approximate surface area is 116 Å². The number of aryl methyl sites for hydroxylation is 1. The topological polar surface area (TPSA) is 59.5 Å². The standard InChI is InChI=1S/C10H15ClN2O3S2/c1-6-4-13(5-7(2)16-6)18(14,15)9-8(3)12-10(11)17-9/h6-7H,4-5H2,1-3H3/t6-,7+. The van der Waals surface area contributed by atoms with Crippen LogP contribution in [0.2, 0.25) is 4.47 Å². The van der Waals surface area contributed by atoms with Gasteiger partial charge < -0.3 is 4.74 Å². The molecule has 1 saturated heterocycles. The highest BCUT2D eigenvalue weighted by Crippen LogP contribution is 2.30. The molecular weight excluding hydrogens is 296 g/mol. The van der Waals surface area contributed by atoms with Crippen LogP contribution in [0, 0.1) is 6.92 Å². The van der Waals surface area contributed by atoms with Crippen molar-refractivity contribution in [2.75, 3.05) is 13.1 Å². The van der Waals surface area contributed by atoms with Gasteiger partial charge in [0.2, 0.25) is 0 Å². The Kier molecular flexibility index (Phi) is 3.99. The van der Waals surface area contributed by atoms with Crippen LogP contribution in [0.25, 0.3) is 0 Å². The molecule has 2 heterocycles. The first-order valence-corrected chi connectivity index (χ1v) is 8.22. The normalized spacial score (nSPS) is 26.4. The molecule has 0 aliphatic carbocycles. The van der Waals surface area contributed by atoms with Crippen molar-refractivity contribution in [3.63, 3.8) is 0 Å². The molecule has 5 nitrogen and oxygen atoms in total. The molecular formula is C10H15ClN2O3S2. The number of morpholine rings is 1. The van der Waals surface area contributed by atoms with Gasteiger partial charge in [0.25, 0.3) is 10.0 Å². The molecule has 0 aromatic carbocycles. The van der Waals surface area contributed by atoms with E-state index >= 15 is 0 Å². The average molecular weight is 311 g/mol. The predicted molar refractivity (Wildman–Crippen MR) is 70.6 cm³/mol. The van der Waals surface area contributed by atoms with Crippen LogP contribution in [0.4, 0.5) is 0 Å². The van der Waals surface area contributed by atoms with Gasteiger partial charge in [-0.05, 0) is 20.8 Å². The minimum absolute atomic E-state index is 0.104. The zero-order chi connectivity index (χ0) is 13.5. The Morgan fingerprint density at radius 2 is 1.94 bits per heavy atom. The maximum absolute atomic E-state index is 12.5. The second-order valence-corrected chi connectivity index (χ2v) is 8.13. The van der Waals surface area contributed by atoms with E-state index in [0.717, 1.165) is 11.3 Å². The van der Waals surface area contributed by atoms with Crippen LogP contribution < -0.4 is 0 Å². The van der Waals surface area contributed by atoms with Gasteiger partial charge in [-0.1, -0.05) is 22.9 Å². The molecule has 0 N–H and O–H groups in total. The number of aromatic nitrogens is 1. The number of hydrogen-bond donors (Lipinski definition) is 0. The minimum atomic E-state index is -3.51. The van der Waals surface area contributed by atoms with E-state index < -0.39 is 10.0 Å². The lowest BCUT2D eigenvalue weighted by molar-refractivity contribution is -0.0440. The average Bonchev–Trinajstić information content (AvgIpc) is 2.57. The summed E-state index contributed by atoms with van der Waals surface area (Å²) in [7, 11) is -3.51. The fraction of sp³-hybridized carbons (Fsp3) is 0.700. The van der Waals surface area contributed by atoms with E-state index in [4.69, 9.17) is 16.3 Å². The van der Waals surface area contributed by atoms with Crippen molar-refractivity contribution in [1.29, 1.82) is 0 Å². The highest BCUT2D eigenvalue weighted by atomic mass is 35.5. The summed E-state index contributed by atoms with van der Waals surface area (Å²) >= 11 is 6.77. The van der Waals surface area contributed by atoms with Crippen molar-refractivity contribution in [2.24, 2.45) is 0 Å². The highest BCUT2D eigenvalue weighted by molar-refractivity contribution is 7.91. The number of nitrogens with zero attached hydrogens (tertiary/aromatic N) is 2. The summed E-state index contributed by atoms with van der Waals surface area (Å²) in [6, 6.07) is 0. The van der Waals surface area contributed by atoms with Gasteiger partial charge in [-0.25, -0.2) is 13.4 Å². The summed E-state index contributed by atoms with van der Waals surface area (Å²) in [5.74, 6) is 0. The van der Waals surface area contributed by atoms with Crippen LogP contribution in [0.1, 0.15) is 19.5 Å². The van der Waals surface area contributed by atoms with Gasteiger partial charge in [0.1, 0.15) is 0 Å². The van der Waals surface area contributed by atoms with Crippen molar-refractivity contribution in [3.8, 4) is 0 Å². The van der Waals surface area contributed by atoms with Crippen LogP contribution >= 0.6 is 22.9 Å². The number of hydrogen-bond acceptors (Lipinski definition) is 5. The van der Waals surface area contributed by atoms with Crippen molar-refractivity contribution in [1.82, 2.24) is 9.29 Å². The number of sulfonamides is 1. The molecule has 18 heavy (non-hydrogen) atoms. The molecule has 2 rings (SSSR count). The first-order chi connectivity index (χ1) is 8.30. The molecule has 1 aromatic rings. The van der Waals surface area contributed by atoms with Crippen molar-refractivity contribution >= 4 is 33.0 Å². The molecule has 1 aliphatic rings. The summed E-state index contributed by atoms with van der Waals surface area (Å²) in [4.78, 5) is 3.96. The molecule has 0 unspecified atom stereocenters. The number of thiazole rings is 1. The van der Waals surface area contributed by atoms with E-state index in [1.165, 1.54) is 4.31 Å². The maximum Gasteiger partial charge on any atom is 0.254 e. The first-order valence-electron chi connectivity index (χ1n) is 5.59. The minimum Gasteiger partial charge on any atom is -0.373 e. The van der Waals surface area contributed by atoms with Crippen LogP contribution in [0.3, 0.4) is 0 Å². The van der Waals surface area contributed by atoms with Gasteiger partial charge in [-0.3, -0.25) is 0 Å². The summed E-state index contributed by atoms with van der Waals surface area (Å²) in [5, 5.41) is 0. The molecule has 2 atom stereocenters. The molecule has 1 fully saturated rings. The largest absolute Gasteiger partial charge is 0.373 e. The molecule has 1 aromatic heterocycles. The highest BCUT2D eigenvalue weighted by Gasteiger charge is 2.34. The van der Waals surface area contributed by atoms with Gasteiger partial charge in [-0.2, -0.15) is 4.31 Å². The van der Waals surface area contributed by atoms with E-state index in [2.05, 4.69) is 4.98 Å². The fourth-order valence-electron chi connectivity index (χ4n) is 2.03. The van der Waals surface area contributed by atoms with Crippen molar-refractivity contribution < 1.29 is 13.2 Å². The summed E-state index contributed by atoms with van der Waals surface area (Å²) < 4.78 is 32.5. The van der Waals surface area contributed by atoms with E-state index in [1.807, 2.05) is 13.8 Å². The van der Waals surface area contributed by atoms with Gasteiger partial charge in [0, 0.05) is 13.1 Å². The zero-order valence-electron chi connectivity index (χ0n) is 10.4. The summed E-state index contributed by atoms with van der Waals surface area (Å²) in [6.45, 7) is 6.11.